The molecule has 0 aliphatic heterocycles. The SMILES string of the molecule is Cc1nonc1CNC(=O)CN(C)Cc1ccncc1. The molecule has 0 unspecified atom stereocenters. The molecule has 0 atom stereocenters. The van der Waals surface area contributed by atoms with Gasteiger partial charge in [0.25, 0.3) is 0 Å². The highest BCUT2D eigenvalue weighted by molar-refractivity contribution is 5.77. The van der Waals surface area contributed by atoms with Gasteiger partial charge in [0.15, 0.2) is 0 Å². The first-order valence-electron chi connectivity index (χ1n) is 6.27. The second kappa shape index (κ2) is 6.76. The van der Waals surface area contributed by atoms with Gasteiger partial charge in [0, 0.05) is 18.9 Å². The van der Waals surface area contributed by atoms with Crippen molar-refractivity contribution in [1.82, 2.24) is 25.5 Å². The Morgan fingerprint density at radius 3 is 2.75 bits per heavy atom. The molecule has 20 heavy (non-hydrogen) atoms. The summed E-state index contributed by atoms with van der Waals surface area (Å²) in [6.45, 7) is 3.12. The molecule has 0 fully saturated rings. The van der Waals surface area contributed by atoms with E-state index in [1.54, 1.807) is 19.3 Å². The predicted molar refractivity (Wildman–Crippen MR) is 71.5 cm³/mol. The first-order valence-corrected chi connectivity index (χ1v) is 6.27. The molecule has 1 N–H and O–H groups in total. The minimum atomic E-state index is -0.0658. The van der Waals surface area contributed by atoms with Crippen LogP contribution < -0.4 is 5.32 Å². The Morgan fingerprint density at radius 1 is 1.35 bits per heavy atom. The molecule has 7 heteroatoms. The number of likely N-dealkylation sites (N-methyl/N-ethyl adjacent to an activating group) is 1. The highest BCUT2D eigenvalue weighted by Crippen LogP contribution is 2.01. The topological polar surface area (TPSA) is 84.2 Å². The van der Waals surface area contributed by atoms with Crippen molar-refractivity contribution in [2.45, 2.75) is 20.0 Å². The van der Waals surface area contributed by atoms with Crippen molar-refractivity contribution in [3.8, 4) is 0 Å². The first kappa shape index (κ1) is 14.1. The quantitative estimate of drug-likeness (QED) is 0.827. The van der Waals surface area contributed by atoms with E-state index >= 15 is 0 Å². The number of aromatic nitrogens is 3. The van der Waals surface area contributed by atoms with Crippen LogP contribution in [-0.4, -0.2) is 39.7 Å². The van der Waals surface area contributed by atoms with Crippen molar-refractivity contribution in [3.63, 3.8) is 0 Å². The normalized spacial score (nSPS) is 10.8. The summed E-state index contributed by atoms with van der Waals surface area (Å²) in [6.07, 6.45) is 3.48. The van der Waals surface area contributed by atoms with Crippen LogP contribution in [0, 0.1) is 6.92 Å². The van der Waals surface area contributed by atoms with Gasteiger partial charge in [-0.2, -0.15) is 0 Å². The average molecular weight is 275 g/mol. The summed E-state index contributed by atoms with van der Waals surface area (Å²) in [6, 6.07) is 3.86. The number of hydrogen-bond acceptors (Lipinski definition) is 6. The second-order valence-electron chi connectivity index (χ2n) is 4.60. The maximum absolute atomic E-state index is 11.8. The molecule has 0 spiro atoms. The van der Waals surface area contributed by atoms with Crippen molar-refractivity contribution in [2.24, 2.45) is 0 Å². The van der Waals surface area contributed by atoms with Gasteiger partial charge < -0.3 is 5.32 Å². The van der Waals surface area contributed by atoms with E-state index in [1.165, 1.54) is 0 Å². The lowest BCUT2D eigenvalue weighted by Gasteiger charge is -2.15. The molecule has 0 saturated heterocycles. The number of nitrogens with one attached hydrogen (secondary N) is 1. The molecule has 2 aromatic heterocycles. The molecule has 0 aromatic carbocycles. The minimum absolute atomic E-state index is 0.0658. The molecule has 2 aromatic rings. The number of carbonyl (C=O) groups excluding carboxylic acids is 1. The summed E-state index contributed by atoms with van der Waals surface area (Å²) in [7, 11) is 1.89. The third-order valence-electron chi connectivity index (χ3n) is 2.81. The summed E-state index contributed by atoms with van der Waals surface area (Å²) in [5, 5.41) is 10.2. The highest BCUT2D eigenvalue weighted by atomic mass is 16.6. The van der Waals surface area contributed by atoms with Gasteiger partial charge in [-0.05, 0) is 31.7 Å². The van der Waals surface area contributed by atoms with E-state index in [-0.39, 0.29) is 5.91 Å². The molecule has 0 aliphatic carbocycles. The average Bonchev–Trinajstić information content (AvgIpc) is 2.83. The van der Waals surface area contributed by atoms with Crippen LogP contribution >= 0.6 is 0 Å². The third-order valence-corrected chi connectivity index (χ3v) is 2.81. The first-order chi connectivity index (χ1) is 9.65. The Labute approximate surface area is 117 Å². The molecule has 2 heterocycles. The Hall–Kier alpha value is -2.28. The number of hydrogen-bond donors (Lipinski definition) is 1. The zero-order valence-electron chi connectivity index (χ0n) is 11.5. The Morgan fingerprint density at radius 2 is 2.10 bits per heavy atom. The largest absolute Gasteiger partial charge is 0.349 e. The van der Waals surface area contributed by atoms with Crippen molar-refractivity contribution in [2.75, 3.05) is 13.6 Å². The number of carbonyl (C=O) groups is 1. The maximum Gasteiger partial charge on any atom is 0.234 e. The van der Waals surface area contributed by atoms with Crippen LogP contribution in [0.4, 0.5) is 0 Å². The summed E-state index contributed by atoms with van der Waals surface area (Å²) in [5.74, 6) is -0.0658. The zero-order chi connectivity index (χ0) is 14.4. The summed E-state index contributed by atoms with van der Waals surface area (Å²) < 4.78 is 4.57. The van der Waals surface area contributed by atoms with Crippen molar-refractivity contribution >= 4 is 5.91 Å². The molecular weight excluding hydrogens is 258 g/mol. The van der Waals surface area contributed by atoms with E-state index < -0.39 is 0 Å². The van der Waals surface area contributed by atoms with Gasteiger partial charge >= 0.3 is 0 Å². The van der Waals surface area contributed by atoms with E-state index in [0.29, 0.717) is 31.0 Å². The fourth-order valence-electron chi connectivity index (χ4n) is 1.75. The smallest absolute Gasteiger partial charge is 0.234 e. The van der Waals surface area contributed by atoms with Crippen molar-refractivity contribution in [1.29, 1.82) is 0 Å². The van der Waals surface area contributed by atoms with Gasteiger partial charge in [0.05, 0.1) is 13.1 Å². The molecule has 0 radical (unpaired) electrons. The molecule has 7 nitrogen and oxygen atoms in total. The van der Waals surface area contributed by atoms with Crippen LogP contribution in [0.15, 0.2) is 29.2 Å². The van der Waals surface area contributed by atoms with E-state index in [4.69, 9.17) is 0 Å². The lowest BCUT2D eigenvalue weighted by atomic mass is 10.2. The minimum Gasteiger partial charge on any atom is -0.349 e. The Kier molecular flexibility index (Phi) is 4.78. The molecule has 1 amide bonds. The van der Waals surface area contributed by atoms with Gasteiger partial charge in [-0.1, -0.05) is 10.3 Å². The Bertz CT molecular complexity index is 555. The second-order valence-corrected chi connectivity index (χ2v) is 4.60. The van der Waals surface area contributed by atoms with Crippen molar-refractivity contribution in [3.05, 3.63) is 41.5 Å². The monoisotopic (exact) mass is 275 g/mol. The van der Waals surface area contributed by atoms with Crippen LogP contribution in [0.25, 0.3) is 0 Å². The zero-order valence-corrected chi connectivity index (χ0v) is 11.5. The van der Waals surface area contributed by atoms with Crippen LogP contribution in [-0.2, 0) is 17.9 Å². The highest BCUT2D eigenvalue weighted by Gasteiger charge is 2.09. The van der Waals surface area contributed by atoms with E-state index in [9.17, 15) is 4.79 Å². The summed E-state index contributed by atoms with van der Waals surface area (Å²) in [4.78, 5) is 17.7. The van der Waals surface area contributed by atoms with Crippen LogP contribution in [0.3, 0.4) is 0 Å². The number of pyridine rings is 1. The van der Waals surface area contributed by atoms with Gasteiger partial charge in [0.1, 0.15) is 11.4 Å². The maximum atomic E-state index is 11.8. The number of nitrogens with zero attached hydrogens (tertiary/aromatic N) is 4. The van der Waals surface area contributed by atoms with Crippen LogP contribution in [0.2, 0.25) is 0 Å². The van der Waals surface area contributed by atoms with Crippen LogP contribution in [0.5, 0.6) is 0 Å². The van der Waals surface area contributed by atoms with E-state index in [2.05, 4.69) is 25.2 Å². The predicted octanol–water partition coefficient (Wildman–Crippen LogP) is 0.521. The summed E-state index contributed by atoms with van der Waals surface area (Å²) >= 11 is 0. The van der Waals surface area contributed by atoms with Gasteiger partial charge in [-0.15, -0.1) is 0 Å². The van der Waals surface area contributed by atoms with Gasteiger partial charge in [0.2, 0.25) is 5.91 Å². The Balaban J connectivity index is 1.75. The van der Waals surface area contributed by atoms with Gasteiger partial charge in [-0.25, -0.2) is 4.63 Å². The van der Waals surface area contributed by atoms with E-state index in [1.807, 2.05) is 24.1 Å². The number of amides is 1. The van der Waals surface area contributed by atoms with Crippen molar-refractivity contribution < 1.29 is 9.42 Å². The summed E-state index contributed by atoms with van der Waals surface area (Å²) in [5.41, 5.74) is 2.46. The van der Waals surface area contributed by atoms with Gasteiger partial charge in [-0.3, -0.25) is 14.7 Å². The number of aryl methyl sites for hydroxylation is 1. The standard InChI is InChI=1S/C13H17N5O2/c1-10-12(17-20-16-10)7-15-13(19)9-18(2)8-11-3-5-14-6-4-11/h3-6H,7-9H2,1-2H3,(H,15,19). The molecule has 0 bridgehead atoms. The molecule has 2 rings (SSSR count). The lowest BCUT2D eigenvalue weighted by molar-refractivity contribution is -0.122. The van der Waals surface area contributed by atoms with E-state index in [0.717, 1.165) is 5.56 Å². The van der Waals surface area contributed by atoms with Crippen LogP contribution in [0.1, 0.15) is 17.0 Å². The third kappa shape index (κ3) is 4.13. The molecule has 0 aliphatic rings. The fraction of sp³-hybridized carbons (Fsp3) is 0.385. The number of rotatable bonds is 6. The molecule has 106 valence electrons. The molecular formula is C13H17N5O2. The lowest BCUT2D eigenvalue weighted by Crippen LogP contribution is -2.34. The fourth-order valence-corrected chi connectivity index (χ4v) is 1.75. The molecule has 0 saturated carbocycles.